The van der Waals surface area contributed by atoms with Crippen molar-refractivity contribution in [1.29, 1.82) is 0 Å². The Morgan fingerprint density at radius 2 is 1.43 bits per heavy atom. The average molecular weight is 664 g/mol. The van der Waals surface area contributed by atoms with Gasteiger partial charge in [-0.25, -0.2) is 17.6 Å². The molecule has 3 N–H and O–H groups in total. The predicted molar refractivity (Wildman–Crippen MR) is 172 cm³/mol. The highest BCUT2D eigenvalue weighted by Crippen LogP contribution is 2.42. The highest BCUT2D eigenvalue weighted by atomic mass is 19.3. The van der Waals surface area contributed by atoms with Gasteiger partial charge in [0.1, 0.15) is 17.6 Å². The molecule has 1 aromatic heterocycles. The minimum Gasteiger partial charge on any atom is -0.339 e. The number of aromatic nitrogens is 2. The Balaban J connectivity index is 1.65. The number of halogens is 4. The number of hydrogen-bond donors (Lipinski definition) is 3. The Labute approximate surface area is 274 Å². The van der Waals surface area contributed by atoms with E-state index >= 15 is 4.39 Å². The van der Waals surface area contributed by atoms with Crippen molar-refractivity contribution >= 4 is 23.4 Å². The van der Waals surface area contributed by atoms with E-state index in [1.807, 2.05) is 13.8 Å². The molecule has 260 valence electrons. The average Bonchev–Trinajstić information content (AvgIpc) is 3.54. The molecule has 8 nitrogen and oxygen atoms in total. The van der Waals surface area contributed by atoms with Crippen molar-refractivity contribution < 1.29 is 31.9 Å². The van der Waals surface area contributed by atoms with Gasteiger partial charge in [0.05, 0.1) is 11.6 Å². The van der Waals surface area contributed by atoms with Crippen LogP contribution in [0, 0.1) is 29.5 Å². The molecule has 2 aromatic rings. The summed E-state index contributed by atoms with van der Waals surface area (Å²) in [6.45, 7) is 7.11. The first-order valence-electron chi connectivity index (χ1n) is 17.1. The zero-order valence-electron chi connectivity index (χ0n) is 27.8. The molecule has 3 atom stereocenters. The van der Waals surface area contributed by atoms with E-state index in [1.165, 1.54) is 12.1 Å². The molecule has 0 bridgehead atoms. The molecule has 12 heteroatoms. The van der Waals surface area contributed by atoms with Crippen LogP contribution in [0.3, 0.4) is 0 Å². The second-order valence-corrected chi connectivity index (χ2v) is 13.8. The van der Waals surface area contributed by atoms with Crippen molar-refractivity contribution in [3.8, 4) is 0 Å². The van der Waals surface area contributed by atoms with Gasteiger partial charge in [0, 0.05) is 12.2 Å². The Morgan fingerprint density at radius 1 is 0.830 bits per heavy atom. The highest BCUT2D eigenvalue weighted by molar-refractivity contribution is 6.01. The molecule has 1 aromatic carbocycles. The summed E-state index contributed by atoms with van der Waals surface area (Å²) < 4.78 is 56.4. The molecule has 4 rings (SSSR count). The van der Waals surface area contributed by atoms with Gasteiger partial charge in [0.2, 0.25) is 18.1 Å². The van der Waals surface area contributed by atoms with Gasteiger partial charge in [0.15, 0.2) is 0 Å². The fraction of sp³-hybridized carbons (Fsp3) is 0.657. The summed E-state index contributed by atoms with van der Waals surface area (Å²) in [6.07, 6.45) is 5.60. The maximum absolute atomic E-state index is 15.7. The molecule has 3 amide bonds. The van der Waals surface area contributed by atoms with E-state index < -0.39 is 54.1 Å². The SMILES string of the molecule is CC(C)C(C(=O)NC(F)C(F)F)c1ccc(NC(=O)[C@@H](NC(=O)c2ccnn2C(C)C)C(C2CCCCC2)C2CCCCC2)c(F)c1. The number of carbonyl (C=O) groups is 3. The third-order valence-corrected chi connectivity index (χ3v) is 9.79. The van der Waals surface area contributed by atoms with Crippen LogP contribution >= 0.6 is 0 Å². The van der Waals surface area contributed by atoms with E-state index in [0.29, 0.717) is 5.69 Å². The minimum absolute atomic E-state index is 0.0824. The summed E-state index contributed by atoms with van der Waals surface area (Å²) in [4.78, 5) is 40.7. The minimum atomic E-state index is -3.40. The fourth-order valence-corrected chi connectivity index (χ4v) is 7.59. The van der Waals surface area contributed by atoms with Gasteiger partial charge in [0.25, 0.3) is 12.3 Å². The molecular formula is C35H49F4N5O3. The van der Waals surface area contributed by atoms with Gasteiger partial charge in [-0.05, 0) is 61.3 Å². The van der Waals surface area contributed by atoms with E-state index in [-0.39, 0.29) is 35.0 Å². The molecule has 47 heavy (non-hydrogen) atoms. The number of benzene rings is 1. The summed E-state index contributed by atoms with van der Waals surface area (Å²) >= 11 is 0. The number of amides is 3. The second kappa shape index (κ2) is 16.6. The fourth-order valence-electron chi connectivity index (χ4n) is 7.59. The molecule has 0 radical (unpaired) electrons. The summed E-state index contributed by atoms with van der Waals surface area (Å²) in [5.74, 6) is -4.05. The number of nitrogens with zero attached hydrogens (tertiary/aromatic N) is 2. The lowest BCUT2D eigenvalue weighted by molar-refractivity contribution is -0.127. The molecule has 2 unspecified atom stereocenters. The maximum atomic E-state index is 15.7. The van der Waals surface area contributed by atoms with Crippen LogP contribution < -0.4 is 16.0 Å². The first-order valence-corrected chi connectivity index (χ1v) is 17.1. The van der Waals surface area contributed by atoms with E-state index in [0.717, 1.165) is 70.3 Å². The number of hydrogen-bond acceptors (Lipinski definition) is 4. The van der Waals surface area contributed by atoms with Crippen LogP contribution in [-0.4, -0.2) is 46.3 Å². The molecular weight excluding hydrogens is 614 g/mol. The standard InChI is InChI=1S/C35H49F4N5O3/c1-20(2)28(34(46)43-32(39)31(37)38)24-15-16-26(25(36)19-24)41-35(47)30(42-33(45)27-17-18-40-44(27)21(3)4)29(22-11-7-5-8-12-22)23-13-9-6-10-14-23/h15-23,28-32H,5-14H2,1-4H3,(H,41,47)(H,42,45)(H,43,46)/t28?,30-,32?/m0/s1. The van der Waals surface area contributed by atoms with Crippen LogP contribution in [0.2, 0.25) is 0 Å². The lowest BCUT2D eigenvalue weighted by atomic mass is 9.66. The normalized spacial score (nSPS) is 18.4. The second-order valence-electron chi connectivity index (χ2n) is 13.8. The van der Waals surface area contributed by atoms with Crippen LogP contribution in [0.15, 0.2) is 30.5 Å². The highest BCUT2D eigenvalue weighted by Gasteiger charge is 2.42. The smallest absolute Gasteiger partial charge is 0.287 e. The monoisotopic (exact) mass is 663 g/mol. The summed E-state index contributed by atoms with van der Waals surface area (Å²) in [6, 6.07) is 4.40. The summed E-state index contributed by atoms with van der Waals surface area (Å²) in [7, 11) is 0. The maximum Gasteiger partial charge on any atom is 0.287 e. The van der Waals surface area contributed by atoms with Crippen LogP contribution in [-0.2, 0) is 9.59 Å². The molecule has 2 aliphatic carbocycles. The van der Waals surface area contributed by atoms with Gasteiger partial charge in [-0.3, -0.25) is 19.1 Å². The molecule has 2 fully saturated rings. The zero-order valence-corrected chi connectivity index (χ0v) is 27.8. The molecule has 0 aliphatic heterocycles. The van der Waals surface area contributed by atoms with E-state index in [4.69, 9.17) is 0 Å². The van der Waals surface area contributed by atoms with Crippen molar-refractivity contribution in [3.05, 3.63) is 47.5 Å². The van der Waals surface area contributed by atoms with Gasteiger partial charge in [-0.1, -0.05) is 84.1 Å². The predicted octanol–water partition coefficient (Wildman–Crippen LogP) is 7.53. The van der Waals surface area contributed by atoms with Crippen molar-refractivity contribution in [1.82, 2.24) is 20.4 Å². The van der Waals surface area contributed by atoms with Crippen molar-refractivity contribution in [2.24, 2.45) is 23.7 Å². The molecule has 0 spiro atoms. The third kappa shape index (κ3) is 9.13. The largest absolute Gasteiger partial charge is 0.339 e. The zero-order chi connectivity index (χ0) is 34.2. The first-order chi connectivity index (χ1) is 22.4. The van der Waals surface area contributed by atoms with Crippen LogP contribution in [0.5, 0.6) is 0 Å². The number of nitrogens with one attached hydrogen (secondary N) is 3. The number of alkyl halides is 3. The van der Waals surface area contributed by atoms with Gasteiger partial charge in [-0.15, -0.1) is 0 Å². The topological polar surface area (TPSA) is 105 Å². The lowest BCUT2D eigenvalue weighted by Gasteiger charge is -2.42. The Morgan fingerprint density at radius 3 is 1.94 bits per heavy atom. The van der Waals surface area contributed by atoms with Crippen molar-refractivity contribution in [2.45, 2.75) is 123 Å². The molecule has 0 saturated heterocycles. The van der Waals surface area contributed by atoms with Gasteiger partial charge < -0.3 is 16.0 Å². The number of rotatable bonds is 13. The summed E-state index contributed by atoms with van der Waals surface area (Å²) in [5, 5.41) is 11.7. The summed E-state index contributed by atoms with van der Waals surface area (Å²) in [5.41, 5.74) is 0.346. The van der Waals surface area contributed by atoms with Crippen molar-refractivity contribution in [2.75, 3.05) is 5.32 Å². The van der Waals surface area contributed by atoms with Crippen LogP contribution in [0.1, 0.15) is 120 Å². The molecule has 2 saturated carbocycles. The Kier molecular flexibility index (Phi) is 12.8. The van der Waals surface area contributed by atoms with Crippen molar-refractivity contribution in [3.63, 3.8) is 0 Å². The quantitative estimate of drug-likeness (QED) is 0.152. The Bertz CT molecular complexity index is 1340. The van der Waals surface area contributed by atoms with Gasteiger partial charge >= 0.3 is 0 Å². The molecule has 2 aliphatic rings. The third-order valence-electron chi connectivity index (χ3n) is 9.79. The Hall–Kier alpha value is -3.44. The van der Waals surface area contributed by atoms with Gasteiger partial charge in [-0.2, -0.15) is 5.10 Å². The van der Waals surface area contributed by atoms with E-state index in [9.17, 15) is 27.6 Å². The van der Waals surface area contributed by atoms with Crippen LogP contribution in [0.25, 0.3) is 0 Å². The van der Waals surface area contributed by atoms with E-state index in [1.54, 1.807) is 36.1 Å². The number of carbonyl (C=O) groups excluding carboxylic acids is 3. The van der Waals surface area contributed by atoms with Crippen LogP contribution in [0.4, 0.5) is 23.2 Å². The lowest BCUT2D eigenvalue weighted by Crippen LogP contribution is -2.53. The number of anilines is 1. The van der Waals surface area contributed by atoms with E-state index in [2.05, 4.69) is 15.7 Å². The first kappa shape index (κ1) is 36.4. The molecule has 1 heterocycles.